The zero-order chi connectivity index (χ0) is 23.4. The van der Waals surface area contributed by atoms with Gasteiger partial charge < -0.3 is 0 Å². The average Bonchev–Trinajstić information content (AvgIpc) is 3.28. The van der Waals surface area contributed by atoms with Crippen molar-refractivity contribution in [3.8, 4) is 0 Å². The van der Waals surface area contributed by atoms with Crippen molar-refractivity contribution in [2.45, 2.75) is 24.2 Å². The quantitative estimate of drug-likeness (QED) is 0.382. The molecule has 1 unspecified atom stereocenters. The van der Waals surface area contributed by atoms with Crippen molar-refractivity contribution >= 4 is 32.4 Å². The SMILES string of the molecule is Cc1ccc(C(NS(=O)(=O)c2nnc(NC(=O)c3cccc(C)c3)s2)c2ccccc2)cc1. The van der Waals surface area contributed by atoms with E-state index in [9.17, 15) is 13.2 Å². The number of hydrogen-bond donors (Lipinski definition) is 2. The van der Waals surface area contributed by atoms with E-state index in [0.717, 1.165) is 33.6 Å². The van der Waals surface area contributed by atoms with E-state index < -0.39 is 16.1 Å². The van der Waals surface area contributed by atoms with Gasteiger partial charge in [-0.15, -0.1) is 10.2 Å². The minimum Gasteiger partial charge on any atom is -0.296 e. The number of sulfonamides is 1. The molecule has 1 heterocycles. The summed E-state index contributed by atoms with van der Waals surface area (Å²) >= 11 is 0.797. The Kier molecular flexibility index (Phi) is 6.64. The van der Waals surface area contributed by atoms with E-state index in [1.165, 1.54) is 0 Å². The summed E-state index contributed by atoms with van der Waals surface area (Å²) in [5.74, 6) is -0.381. The van der Waals surface area contributed by atoms with Gasteiger partial charge in [-0.2, -0.15) is 4.72 Å². The predicted octanol–water partition coefficient (Wildman–Crippen LogP) is 4.48. The Morgan fingerprint density at radius 3 is 2.24 bits per heavy atom. The molecule has 1 atom stereocenters. The van der Waals surface area contributed by atoms with Gasteiger partial charge in [-0.05, 0) is 37.1 Å². The highest BCUT2D eigenvalue weighted by molar-refractivity contribution is 7.91. The molecule has 0 saturated heterocycles. The Labute approximate surface area is 196 Å². The van der Waals surface area contributed by atoms with Gasteiger partial charge in [0, 0.05) is 5.56 Å². The first-order chi connectivity index (χ1) is 15.8. The first-order valence-electron chi connectivity index (χ1n) is 10.2. The summed E-state index contributed by atoms with van der Waals surface area (Å²) in [7, 11) is -4.01. The van der Waals surface area contributed by atoms with Crippen LogP contribution < -0.4 is 10.0 Å². The first-order valence-corrected chi connectivity index (χ1v) is 12.5. The van der Waals surface area contributed by atoms with Crippen molar-refractivity contribution < 1.29 is 13.2 Å². The standard InChI is InChI=1S/C24H22N4O3S2/c1-16-11-13-19(14-12-16)21(18-8-4-3-5-9-18)28-33(30,31)24-27-26-23(32-24)25-22(29)20-10-6-7-17(2)15-20/h3-15,21,28H,1-2H3,(H,25,26,29). The van der Waals surface area contributed by atoms with E-state index in [0.29, 0.717) is 5.56 Å². The number of anilines is 1. The maximum absolute atomic E-state index is 13.2. The van der Waals surface area contributed by atoms with Gasteiger partial charge in [0.05, 0.1) is 6.04 Å². The normalized spacial score (nSPS) is 12.3. The lowest BCUT2D eigenvalue weighted by Crippen LogP contribution is -2.29. The number of amides is 1. The molecular formula is C24H22N4O3S2. The maximum atomic E-state index is 13.2. The van der Waals surface area contributed by atoms with Crippen LogP contribution in [0.4, 0.5) is 5.13 Å². The number of aromatic nitrogens is 2. The Morgan fingerprint density at radius 1 is 0.848 bits per heavy atom. The van der Waals surface area contributed by atoms with Gasteiger partial charge in [-0.1, -0.05) is 89.2 Å². The highest BCUT2D eigenvalue weighted by Crippen LogP contribution is 2.27. The van der Waals surface area contributed by atoms with Crippen molar-refractivity contribution in [3.63, 3.8) is 0 Å². The van der Waals surface area contributed by atoms with Crippen LogP contribution in [0.15, 0.2) is 83.2 Å². The molecule has 4 aromatic rings. The third-order valence-corrected chi connectivity index (χ3v) is 7.58. The maximum Gasteiger partial charge on any atom is 0.270 e. The topological polar surface area (TPSA) is 101 Å². The lowest BCUT2D eigenvalue weighted by Gasteiger charge is -2.19. The third-order valence-electron chi connectivity index (χ3n) is 4.95. The van der Waals surface area contributed by atoms with Crippen molar-refractivity contribution in [2.24, 2.45) is 0 Å². The van der Waals surface area contributed by atoms with Crippen molar-refractivity contribution in [2.75, 3.05) is 5.32 Å². The second kappa shape index (κ2) is 9.62. The molecule has 0 bridgehead atoms. The number of carbonyl (C=O) groups excluding carboxylic acids is 1. The molecule has 4 rings (SSSR count). The number of rotatable bonds is 7. The molecule has 2 N–H and O–H groups in total. The lowest BCUT2D eigenvalue weighted by molar-refractivity contribution is 0.102. The molecule has 0 aliphatic carbocycles. The van der Waals surface area contributed by atoms with Crippen LogP contribution in [0.25, 0.3) is 0 Å². The second-order valence-electron chi connectivity index (χ2n) is 7.57. The molecule has 0 radical (unpaired) electrons. The van der Waals surface area contributed by atoms with Gasteiger partial charge in [0.1, 0.15) is 0 Å². The highest BCUT2D eigenvalue weighted by Gasteiger charge is 2.27. The fourth-order valence-corrected chi connectivity index (χ4v) is 5.39. The summed E-state index contributed by atoms with van der Waals surface area (Å²) in [6.07, 6.45) is 0. The van der Waals surface area contributed by atoms with Crippen molar-refractivity contribution in [1.82, 2.24) is 14.9 Å². The summed E-state index contributed by atoms with van der Waals surface area (Å²) in [6, 6.07) is 23.4. The molecule has 33 heavy (non-hydrogen) atoms. The molecule has 0 aliphatic rings. The molecule has 0 saturated carbocycles. The molecular weight excluding hydrogens is 456 g/mol. The van der Waals surface area contributed by atoms with E-state index in [1.54, 1.807) is 18.2 Å². The molecule has 7 nitrogen and oxygen atoms in total. The zero-order valence-electron chi connectivity index (χ0n) is 18.0. The minimum atomic E-state index is -4.01. The van der Waals surface area contributed by atoms with Crippen LogP contribution in [-0.2, 0) is 10.0 Å². The van der Waals surface area contributed by atoms with Crippen LogP contribution in [0.2, 0.25) is 0 Å². The van der Waals surface area contributed by atoms with Gasteiger partial charge in [-0.25, -0.2) is 8.42 Å². The fraction of sp³-hybridized carbons (Fsp3) is 0.125. The molecule has 168 valence electrons. The van der Waals surface area contributed by atoms with Crippen molar-refractivity contribution in [3.05, 3.63) is 107 Å². The van der Waals surface area contributed by atoms with Crippen LogP contribution in [0.3, 0.4) is 0 Å². The Balaban J connectivity index is 1.57. The van der Waals surface area contributed by atoms with Crippen LogP contribution in [0, 0.1) is 13.8 Å². The zero-order valence-corrected chi connectivity index (χ0v) is 19.7. The number of hydrogen-bond acceptors (Lipinski definition) is 6. The molecule has 3 aromatic carbocycles. The highest BCUT2D eigenvalue weighted by atomic mass is 32.2. The molecule has 1 aromatic heterocycles. The fourth-order valence-electron chi connectivity index (χ4n) is 3.26. The summed E-state index contributed by atoms with van der Waals surface area (Å²) in [5, 5.41) is 10.4. The summed E-state index contributed by atoms with van der Waals surface area (Å²) in [5.41, 5.74) is 4.06. The average molecular weight is 479 g/mol. The monoisotopic (exact) mass is 478 g/mol. The number of carbonyl (C=O) groups is 1. The number of aryl methyl sites for hydroxylation is 2. The van der Waals surface area contributed by atoms with Crippen LogP contribution >= 0.6 is 11.3 Å². The van der Waals surface area contributed by atoms with Gasteiger partial charge >= 0.3 is 0 Å². The molecule has 9 heteroatoms. The Hall–Kier alpha value is -3.40. The molecule has 0 spiro atoms. The molecule has 0 aliphatic heterocycles. The van der Waals surface area contributed by atoms with E-state index in [4.69, 9.17) is 0 Å². The van der Waals surface area contributed by atoms with Crippen LogP contribution in [0.1, 0.15) is 38.7 Å². The van der Waals surface area contributed by atoms with Gasteiger partial charge in [-0.3, -0.25) is 10.1 Å². The number of benzene rings is 3. The number of nitrogens with zero attached hydrogens (tertiary/aromatic N) is 2. The second-order valence-corrected chi connectivity index (χ2v) is 10.4. The third kappa shape index (κ3) is 5.51. The van der Waals surface area contributed by atoms with Gasteiger partial charge in [0.15, 0.2) is 0 Å². The Bertz CT molecular complexity index is 1370. The van der Waals surface area contributed by atoms with E-state index in [1.807, 2.05) is 74.5 Å². The van der Waals surface area contributed by atoms with E-state index >= 15 is 0 Å². The van der Waals surface area contributed by atoms with Gasteiger partial charge in [0.2, 0.25) is 9.47 Å². The predicted molar refractivity (Wildman–Crippen MR) is 129 cm³/mol. The summed E-state index contributed by atoms with van der Waals surface area (Å²) in [6.45, 7) is 3.86. The molecule has 1 amide bonds. The van der Waals surface area contributed by atoms with Crippen LogP contribution in [0.5, 0.6) is 0 Å². The van der Waals surface area contributed by atoms with E-state index in [-0.39, 0.29) is 15.4 Å². The largest absolute Gasteiger partial charge is 0.296 e. The summed E-state index contributed by atoms with van der Waals surface area (Å²) in [4.78, 5) is 12.5. The number of nitrogens with one attached hydrogen (secondary N) is 2. The Morgan fingerprint density at radius 2 is 1.55 bits per heavy atom. The minimum absolute atomic E-state index is 0.105. The van der Waals surface area contributed by atoms with Crippen molar-refractivity contribution in [1.29, 1.82) is 0 Å². The lowest BCUT2D eigenvalue weighted by atomic mass is 9.99. The smallest absolute Gasteiger partial charge is 0.270 e. The van der Waals surface area contributed by atoms with Crippen LogP contribution in [-0.4, -0.2) is 24.5 Å². The molecule has 0 fully saturated rings. The van der Waals surface area contributed by atoms with Gasteiger partial charge in [0.25, 0.3) is 15.9 Å². The summed E-state index contributed by atoms with van der Waals surface area (Å²) < 4.78 is 28.8. The van der Waals surface area contributed by atoms with E-state index in [2.05, 4.69) is 20.2 Å². The first kappa shape index (κ1) is 22.8.